The highest BCUT2D eigenvalue weighted by Gasteiger charge is 2.42. The first kappa shape index (κ1) is 29.6. The standard InChI is InChI=1S/C32H34F2N4O3S/c1-21-14-19-42-29(21)30(40)35-23-10-8-22(9-11-23)31(41)38-18-15-32(33,34)26(25-6-4-5-7-27(25)38)20-28(39)37-16-12-24(13-17-37)36(2)3/h4-11,14,19-20,24H,12-13,15-18H2,1-3H3,(H,35,40). The van der Waals surface area contributed by atoms with Crippen LogP contribution in [0.5, 0.6) is 0 Å². The lowest BCUT2D eigenvalue weighted by Crippen LogP contribution is -2.44. The van der Waals surface area contributed by atoms with Crippen LogP contribution in [0.1, 0.15) is 50.4 Å². The molecule has 5 rings (SSSR count). The normalized spacial score (nSPS) is 18.1. The number of alkyl halides is 2. The van der Waals surface area contributed by atoms with Crippen LogP contribution in [0.25, 0.3) is 5.57 Å². The van der Waals surface area contributed by atoms with Gasteiger partial charge in [0.05, 0.1) is 10.6 Å². The Labute approximate surface area is 248 Å². The van der Waals surface area contributed by atoms with E-state index in [9.17, 15) is 14.4 Å². The Balaban J connectivity index is 1.38. The summed E-state index contributed by atoms with van der Waals surface area (Å²) >= 11 is 1.35. The van der Waals surface area contributed by atoms with Crippen LogP contribution in [-0.2, 0) is 4.79 Å². The number of aryl methyl sites for hydroxylation is 1. The topological polar surface area (TPSA) is 73.0 Å². The highest BCUT2D eigenvalue weighted by atomic mass is 32.1. The van der Waals surface area contributed by atoms with Gasteiger partial charge in [-0.3, -0.25) is 14.4 Å². The van der Waals surface area contributed by atoms with Crippen molar-refractivity contribution in [1.29, 1.82) is 0 Å². The Kier molecular flexibility index (Phi) is 8.56. The number of amides is 3. The zero-order chi connectivity index (χ0) is 30.0. The molecule has 1 fully saturated rings. The Morgan fingerprint density at radius 3 is 2.33 bits per heavy atom. The molecule has 0 radical (unpaired) electrons. The predicted molar refractivity (Wildman–Crippen MR) is 162 cm³/mol. The van der Waals surface area contributed by atoms with E-state index in [1.54, 1.807) is 47.4 Å². The smallest absolute Gasteiger partial charge is 0.275 e. The summed E-state index contributed by atoms with van der Waals surface area (Å²) in [7, 11) is 4.00. The molecule has 220 valence electrons. The molecule has 3 amide bonds. The van der Waals surface area contributed by atoms with Gasteiger partial charge in [-0.1, -0.05) is 18.2 Å². The molecule has 42 heavy (non-hydrogen) atoms. The number of carbonyl (C=O) groups excluding carboxylic acids is 3. The van der Waals surface area contributed by atoms with Gasteiger partial charge in [0, 0.05) is 60.6 Å². The maximum absolute atomic E-state index is 15.6. The van der Waals surface area contributed by atoms with Gasteiger partial charge in [-0.2, -0.15) is 0 Å². The number of carbonyl (C=O) groups is 3. The van der Waals surface area contributed by atoms with Gasteiger partial charge in [-0.25, -0.2) is 8.78 Å². The summed E-state index contributed by atoms with van der Waals surface area (Å²) in [5, 5.41) is 4.67. The van der Waals surface area contributed by atoms with Gasteiger partial charge in [0.2, 0.25) is 5.91 Å². The highest BCUT2D eigenvalue weighted by molar-refractivity contribution is 7.12. The van der Waals surface area contributed by atoms with Crippen LogP contribution in [0.15, 0.2) is 66.1 Å². The lowest BCUT2D eigenvalue weighted by atomic mass is 9.96. The van der Waals surface area contributed by atoms with Crippen molar-refractivity contribution in [1.82, 2.24) is 9.80 Å². The Hall–Kier alpha value is -3.89. The number of likely N-dealkylation sites (tertiary alicyclic amines) is 1. The van der Waals surface area contributed by atoms with Gasteiger partial charge in [0.15, 0.2) is 0 Å². The number of fused-ring (bicyclic) bond motifs is 1. The van der Waals surface area contributed by atoms with Crippen LogP contribution in [0.3, 0.4) is 0 Å². The van der Waals surface area contributed by atoms with E-state index in [2.05, 4.69) is 10.2 Å². The second-order valence-electron chi connectivity index (χ2n) is 11.0. The van der Waals surface area contributed by atoms with Crippen LogP contribution in [0.2, 0.25) is 0 Å². The fraction of sp³-hybridized carbons (Fsp3) is 0.344. The number of allylic oxidation sites excluding steroid dienone is 1. The number of anilines is 2. The van der Waals surface area contributed by atoms with E-state index in [-0.39, 0.29) is 23.6 Å². The van der Waals surface area contributed by atoms with Gasteiger partial charge < -0.3 is 20.0 Å². The van der Waals surface area contributed by atoms with E-state index in [1.165, 1.54) is 22.3 Å². The van der Waals surface area contributed by atoms with E-state index in [0.29, 0.717) is 40.9 Å². The lowest BCUT2D eigenvalue weighted by molar-refractivity contribution is -0.127. The lowest BCUT2D eigenvalue weighted by Gasteiger charge is -2.35. The van der Waals surface area contributed by atoms with Crippen molar-refractivity contribution in [2.75, 3.05) is 43.9 Å². The summed E-state index contributed by atoms with van der Waals surface area (Å²) in [6, 6.07) is 15.1. The minimum absolute atomic E-state index is 0.167. The maximum atomic E-state index is 15.6. The molecule has 10 heteroatoms. The molecular weight excluding hydrogens is 558 g/mol. The molecule has 2 aliphatic rings. The van der Waals surface area contributed by atoms with E-state index in [4.69, 9.17) is 0 Å². The molecular formula is C32H34F2N4O3S. The van der Waals surface area contributed by atoms with Crippen LogP contribution < -0.4 is 10.2 Å². The monoisotopic (exact) mass is 592 g/mol. The number of hydrogen-bond donors (Lipinski definition) is 1. The zero-order valence-corrected chi connectivity index (χ0v) is 24.7. The van der Waals surface area contributed by atoms with Gasteiger partial charge >= 0.3 is 0 Å². The summed E-state index contributed by atoms with van der Waals surface area (Å²) in [5.41, 5.74) is 1.83. The first-order chi connectivity index (χ1) is 20.0. The van der Waals surface area contributed by atoms with Crippen LogP contribution >= 0.6 is 11.3 Å². The number of nitrogens with zero attached hydrogens (tertiary/aromatic N) is 3. The first-order valence-electron chi connectivity index (χ1n) is 14.0. The minimum Gasteiger partial charge on any atom is -0.339 e. The molecule has 2 aromatic carbocycles. The number of thiophene rings is 1. The largest absolute Gasteiger partial charge is 0.339 e. The quantitative estimate of drug-likeness (QED) is 0.373. The number of benzene rings is 2. The Morgan fingerprint density at radius 2 is 1.69 bits per heavy atom. The van der Waals surface area contributed by atoms with Crippen molar-refractivity contribution in [2.45, 2.75) is 38.2 Å². The van der Waals surface area contributed by atoms with Gasteiger partial charge in [-0.15, -0.1) is 11.3 Å². The second-order valence-corrected chi connectivity index (χ2v) is 11.9. The molecule has 0 aliphatic carbocycles. The highest BCUT2D eigenvalue weighted by Crippen LogP contribution is 2.43. The number of piperidine rings is 1. The Morgan fingerprint density at radius 1 is 1.00 bits per heavy atom. The number of nitrogens with one attached hydrogen (secondary N) is 1. The average molecular weight is 593 g/mol. The fourth-order valence-corrected chi connectivity index (χ4v) is 6.32. The van der Waals surface area contributed by atoms with Crippen molar-refractivity contribution in [3.05, 3.63) is 87.6 Å². The van der Waals surface area contributed by atoms with Crippen LogP contribution in [0.4, 0.5) is 20.2 Å². The van der Waals surface area contributed by atoms with Crippen LogP contribution in [-0.4, -0.2) is 73.2 Å². The third-order valence-corrected chi connectivity index (χ3v) is 9.02. The number of halogens is 2. The summed E-state index contributed by atoms with van der Waals surface area (Å²) in [6.07, 6.45) is 2.01. The van der Waals surface area contributed by atoms with Crippen molar-refractivity contribution >= 4 is 46.0 Å². The molecule has 1 aromatic heterocycles. The van der Waals surface area contributed by atoms with Gasteiger partial charge in [0.25, 0.3) is 17.7 Å². The van der Waals surface area contributed by atoms with Crippen molar-refractivity contribution in [2.24, 2.45) is 0 Å². The molecule has 0 spiro atoms. The predicted octanol–water partition coefficient (Wildman–Crippen LogP) is 5.93. The van der Waals surface area contributed by atoms with E-state index < -0.39 is 24.2 Å². The van der Waals surface area contributed by atoms with Gasteiger partial charge in [0.1, 0.15) is 0 Å². The zero-order valence-electron chi connectivity index (χ0n) is 23.9. The van der Waals surface area contributed by atoms with E-state index >= 15 is 8.78 Å². The average Bonchev–Trinajstić information content (AvgIpc) is 3.38. The molecule has 3 aromatic rings. The SMILES string of the molecule is Cc1ccsc1C(=O)Nc1ccc(C(=O)N2CCC(F)(F)C(=CC(=O)N3CCC(N(C)C)CC3)c3ccccc32)cc1. The third kappa shape index (κ3) is 6.15. The summed E-state index contributed by atoms with van der Waals surface area (Å²) < 4.78 is 31.3. The molecule has 0 saturated carbocycles. The van der Waals surface area contributed by atoms with Crippen molar-refractivity contribution < 1.29 is 23.2 Å². The van der Waals surface area contributed by atoms with Crippen molar-refractivity contribution in [3.8, 4) is 0 Å². The summed E-state index contributed by atoms with van der Waals surface area (Å²) in [4.78, 5) is 45.1. The van der Waals surface area contributed by atoms with E-state index in [1.807, 2.05) is 32.5 Å². The van der Waals surface area contributed by atoms with Crippen molar-refractivity contribution in [3.63, 3.8) is 0 Å². The number of hydrogen-bond acceptors (Lipinski definition) is 5. The summed E-state index contributed by atoms with van der Waals surface area (Å²) in [5.74, 6) is -4.42. The fourth-order valence-electron chi connectivity index (χ4n) is 5.50. The number of para-hydroxylation sites is 1. The molecule has 3 heterocycles. The minimum atomic E-state index is -3.31. The molecule has 2 aliphatic heterocycles. The molecule has 0 bridgehead atoms. The van der Waals surface area contributed by atoms with Crippen LogP contribution in [0, 0.1) is 6.92 Å². The third-order valence-electron chi connectivity index (χ3n) is 8.01. The maximum Gasteiger partial charge on any atom is 0.275 e. The summed E-state index contributed by atoms with van der Waals surface area (Å²) in [6.45, 7) is 2.65. The van der Waals surface area contributed by atoms with E-state index in [0.717, 1.165) is 24.5 Å². The molecule has 0 unspecified atom stereocenters. The molecule has 1 saturated heterocycles. The first-order valence-corrected chi connectivity index (χ1v) is 14.9. The van der Waals surface area contributed by atoms with Gasteiger partial charge in [-0.05, 0) is 81.2 Å². The molecule has 7 nitrogen and oxygen atoms in total. The second kappa shape index (κ2) is 12.1. The Bertz CT molecular complexity index is 1510. The molecule has 1 N–H and O–H groups in total. The number of rotatable bonds is 5. The molecule has 0 atom stereocenters.